The summed E-state index contributed by atoms with van der Waals surface area (Å²) in [6, 6.07) is 14.5. The van der Waals surface area contributed by atoms with Crippen LogP contribution in [0.25, 0.3) is 0 Å². The molecular weight excluding hydrogens is 665 g/mol. The predicted octanol–water partition coefficient (Wildman–Crippen LogP) is 3.90. The monoisotopic (exact) mass is 691 g/mol. The van der Waals surface area contributed by atoms with Crippen molar-refractivity contribution in [1.29, 1.82) is 5.26 Å². The van der Waals surface area contributed by atoms with Gasteiger partial charge in [-0.1, -0.05) is 0 Å². The first kappa shape index (κ1) is 28.4. The Kier molecular flexibility index (Phi) is 8.34. The third kappa shape index (κ3) is 5.96. The van der Waals surface area contributed by atoms with E-state index in [1.165, 1.54) is 21.3 Å². The second-order valence-electron chi connectivity index (χ2n) is 9.67. The van der Waals surface area contributed by atoms with Crippen LogP contribution in [-0.4, -0.2) is 68.0 Å². The van der Waals surface area contributed by atoms with Crippen molar-refractivity contribution >= 4 is 67.3 Å². The van der Waals surface area contributed by atoms with Gasteiger partial charge in [0.1, 0.15) is 17.7 Å². The molecule has 1 N–H and O–H groups in total. The van der Waals surface area contributed by atoms with Crippen LogP contribution < -0.4 is 14.5 Å². The SMILES string of the molecule is C[C@H](C(=O)N1CCN(c2ccc(S(=O)(=O)Nc3nc(Cl)ncc3C#N)cc2)CC1)N1CCCc2cc(I)ccc21. The Morgan fingerprint density at radius 3 is 2.55 bits per heavy atom. The summed E-state index contributed by atoms with van der Waals surface area (Å²) in [5, 5.41) is 9.04. The molecule has 10 nitrogen and oxygen atoms in total. The van der Waals surface area contributed by atoms with Gasteiger partial charge >= 0.3 is 0 Å². The zero-order valence-electron chi connectivity index (χ0n) is 21.7. The fourth-order valence-electron chi connectivity index (χ4n) is 5.12. The Morgan fingerprint density at radius 2 is 1.85 bits per heavy atom. The molecule has 208 valence electrons. The summed E-state index contributed by atoms with van der Waals surface area (Å²) in [5.41, 5.74) is 3.28. The van der Waals surface area contributed by atoms with Crippen LogP contribution in [0.15, 0.2) is 53.6 Å². The molecule has 13 heteroatoms. The van der Waals surface area contributed by atoms with E-state index in [0.29, 0.717) is 26.2 Å². The number of piperazine rings is 1. The number of rotatable bonds is 6. The summed E-state index contributed by atoms with van der Waals surface area (Å²) in [6.07, 6.45) is 3.23. The molecular formula is C27H27ClIN7O3S. The zero-order valence-corrected chi connectivity index (χ0v) is 25.4. The highest BCUT2D eigenvalue weighted by Gasteiger charge is 2.31. The summed E-state index contributed by atoms with van der Waals surface area (Å²) in [6.45, 7) is 5.31. The molecule has 0 bridgehead atoms. The maximum Gasteiger partial charge on any atom is 0.263 e. The Hall–Kier alpha value is -3.15. The van der Waals surface area contributed by atoms with Crippen molar-refractivity contribution in [2.45, 2.75) is 30.7 Å². The molecule has 1 saturated heterocycles. The van der Waals surface area contributed by atoms with Crippen molar-refractivity contribution in [2.75, 3.05) is 47.2 Å². The van der Waals surface area contributed by atoms with Crippen molar-refractivity contribution < 1.29 is 13.2 Å². The van der Waals surface area contributed by atoms with Crippen LogP contribution in [0, 0.1) is 14.9 Å². The van der Waals surface area contributed by atoms with Gasteiger partial charge in [0, 0.05) is 47.7 Å². The number of anilines is 3. The molecule has 3 aromatic rings. The normalized spacial score (nSPS) is 16.2. The molecule has 5 rings (SSSR count). The Labute approximate surface area is 252 Å². The molecule has 0 saturated carbocycles. The largest absolute Gasteiger partial charge is 0.368 e. The standard InChI is InChI=1S/C27H27ClIN7O3S/c1-18(36-10-2-3-19-15-21(29)4-9-24(19)36)26(37)35-13-11-34(12-14-35)22-5-7-23(8-6-22)40(38,39)33-25-20(16-30)17-31-27(28)32-25/h4-9,15,17-18H,2-3,10-14H2,1H3,(H,31,32,33)/t18-/m1/s1. The van der Waals surface area contributed by atoms with E-state index in [0.717, 1.165) is 37.0 Å². The lowest BCUT2D eigenvalue weighted by atomic mass is 10.00. The number of carbonyl (C=O) groups is 1. The highest BCUT2D eigenvalue weighted by Crippen LogP contribution is 2.31. The smallest absolute Gasteiger partial charge is 0.263 e. The highest BCUT2D eigenvalue weighted by molar-refractivity contribution is 14.1. The number of sulfonamides is 1. The lowest BCUT2D eigenvalue weighted by molar-refractivity contribution is -0.132. The zero-order chi connectivity index (χ0) is 28.4. The van der Waals surface area contributed by atoms with E-state index >= 15 is 0 Å². The molecule has 1 amide bonds. The van der Waals surface area contributed by atoms with E-state index in [-0.39, 0.29) is 33.5 Å². The van der Waals surface area contributed by atoms with Crippen LogP contribution in [0.4, 0.5) is 17.2 Å². The van der Waals surface area contributed by atoms with Gasteiger partial charge in [-0.25, -0.2) is 13.4 Å². The molecule has 40 heavy (non-hydrogen) atoms. The summed E-state index contributed by atoms with van der Waals surface area (Å²) < 4.78 is 29.3. The minimum atomic E-state index is -4.00. The van der Waals surface area contributed by atoms with Gasteiger partial charge in [-0.2, -0.15) is 10.2 Å². The highest BCUT2D eigenvalue weighted by atomic mass is 127. The van der Waals surface area contributed by atoms with Crippen LogP contribution in [0.3, 0.4) is 0 Å². The molecule has 1 aromatic heterocycles. The minimum absolute atomic E-state index is 0.0222. The fraction of sp³-hybridized carbons (Fsp3) is 0.333. The lowest BCUT2D eigenvalue weighted by Crippen LogP contribution is -2.55. The van der Waals surface area contributed by atoms with Crippen LogP contribution in [0.5, 0.6) is 0 Å². The van der Waals surface area contributed by atoms with Gasteiger partial charge < -0.3 is 14.7 Å². The predicted molar refractivity (Wildman–Crippen MR) is 162 cm³/mol. The van der Waals surface area contributed by atoms with Gasteiger partial charge in [0.2, 0.25) is 11.2 Å². The van der Waals surface area contributed by atoms with Crippen molar-refractivity contribution in [2.24, 2.45) is 0 Å². The number of fused-ring (bicyclic) bond motifs is 1. The number of hydrogen-bond acceptors (Lipinski definition) is 8. The molecule has 0 radical (unpaired) electrons. The third-order valence-corrected chi connectivity index (χ3v) is 9.44. The van der Waals surface area contributed by atoms with Crippen LogP contribution in [0.2, 0.25) is 5.28 Å². The van der Waals surface area contributed by atoms with Crippen LogP contribution in [0.1, 0.15) is 24.5 Å². The third-order valence-electron chi connectivity index (χ3n) is 7.24. The lowest BCUT2D eigenvalue weighted by Gasteiger charge is -2.41. The second kappa shape index (κ2) is 11.8. The topological polar surface area (TPSA) is 123 Å². The summed E-state index contributed by atoms with van der Waals surface area (Å²) in [5.74, 6) is -0.0514. The number of aromatic nitrogens is 2. The van der Waals surface area contributed by atoms with E-state index in [9.17, 15) is 18.5 Å². The van der Waals surface area contributed by atoms with Crippen molar-refractivity contribution in [1.82, 2.24) is 14.9 Å². The van der Waals surface area contributed by atoms with Crippen molar-refractivity contribution in [3.8, 4) is 6.07 Å². The number of amides is 1. The summed E-state index contributed by atoms with van der Waals surface area (Å²) >= 11 is 8.10. The Bertz CT molecular complexity index is 1570. The second-order valence-corrected chi connectivity index (χ2v) is 12.9. The van der Waals surface area contributed by atoms with E-state index in [4.69, 9.17) is 11.6 Å². The number of hydrogen-bond donors (Lipinski definition) is 1. The molecule has 2 aliphatic rings. The van der Waals surface area contributed by atoms with Gasteiger partial charge in [0.05, 0.1) is 11.1 Å². The van der Waals surface area contributed by atoms with Crippen molar-refractivity contribution in [3.63, 3.8) is 0 Å². The van der Waals surface area contributed by atoms with E-state index in [1.807, 2.05) is 17.9 Å². The summed E-state index contributed by atoms with van der Waals surface area (Å²) in [7, 11) is -4.00. The fourth-order valence-corrected chi connectivity index (χ4v) is 6.83. The average Bonchev–Trinajstić information content (AvgIpc) is 2.96. The first-order valence-corrected chi connectivity index (χ1v) is 15.7. The number of halogens is 2. The average molecular weight is 692 g/mol. The Morgan fingerprint density at radius 1 is 1.12 bits per heavy atom. The number of nitrogens with one attached hydrogen (secondary N) is 1. The van der Waals surface area contributed by atoms with Gasteiger partial charge in [-0.15, -0.1) is 0 Å². The van der Waals surface area contributed by atoms with E-state index in [2.05, 4.69) is 65.3 Å². The van der Waals surface area contributed by atoms with Gasteiger partial charge in [0.25, 0.3) is 10.0 Å². The number of aryl methyl sites for hydroxylation is 1. The van der Waals surface area contributed by atoms with E-state index < -0.39 is 10.0 Å². The van der Waals surface area contributed by atoms with Crippen LogP contribution in [-0.2, 0) is 21.2 Å². The van der Waals surface area contributed by atoms with Crippen molar-refractivity contribution in [3.05, 3.63) is 68.6 Å². The molecule has 0 unspecified atom stereocenters. The number of benzene rings is 2. The Balaban J connectivity index is 1.21. The maximum absolute atomic E-state index is 13.4. The number of nitriles is 1. The van der Waals surface area contributed by atoms with Gasteiger partial charge in [-0.3, -0.25) is 9.52 Å². The number of carbonyl (C=O) groups excluding carboxylic acids is 1. The molecule has 2 aromatic carbocycles. The molecule has 0 aliphatic carbocycles. The molecule has 2 aliphatic heterocycles. The summed E-state index contributed by atoms with van der Waals surface area (Å²) in [4.78, 5) is 27.3. The van der Waals surface area contributed by atoms with Crippen LogP contribution >= 0.6 is 34.2 Å². The first-order valence-electron chi connectivity index (χ1n) is 12.8. The quantitative estimate of drug-likeness (QED) is 0.305. The molecule has 1 fully saturated rings. The maximum atomic E-state index is 13.4. The molecule has 0 spiro atoms. The molecule has 1 atom stereocenters. The van der Waals surface area contributed by atoms with Gasteiger partial charge in [0.15, 0.2) is 5.82 Å². The van der Waals surface area contributed by atoms with E-state index in [1.54, 1.807) is 12.1 Å². The minimum Gasteiger partial charge on any atom is -0.368 e. The number of nitrogens with zero attached hydrogens (tertiary/aromatic N) is 6. The first-order chi connectivity index (χ1) is 19.2. The molecule has 3 heterocycles. The van der Waals surface area contributed by atoms with Gasteiger partial charge in [-0.05, 0) is 102 Å².